The van der Waals surface area contributed by atoms with Crippen molar-refractivity contribution in [1.29, 1.82) is 0 Å². The van der Waals surface area contributed by atoms with E-state index in [4.69, 9.17) is 5.73 Å². The number of rotatable bonds is 4. The van der Waals surface area contributed by atoms with Crippen LogP contribution < -0.4 is 11.1 Å². The highest BCUT2D eigenvalue weighted by Gasteiger charge is 2.27. The number of nitrogen functional groups attached to an aromatic ring is 1. The maximum atomic E-state index is 14.1. The van der Waals surface area contributed by atoms with Gasteiger partial charge >= 0.3 is 6.03 Å². The van der Waals surface area contributed by atoms with Gasteiger partial charge in [-0.2, -0.15) is 0 Å². The zero-order chi connectivity index (χ0) is 20.4. The van der Waals surface area contributed by atoms with Crippen molar-refractivity contribution in [3.63, 3.8) is 0 Å². The fraction of sp³-hybridized carbons (Fsp3) is 0.250. The van der Waals surface area contributed by atoms with Crippen molar-refractivity contribution in [3.8, 4) is 11.3 Å². The Bertz CT molecular complexity index is 1020. The molecule has 2 amide bonds. The molecule has 0 spiro atoms. The summed E-state index contributed by atoms with van der Waals surface area (Å²) in [4.78, 5) is 22.6. The molecule has 9 heteroatoms. The maximum Gasteiger partial charge on any atom is 0.323 e. The smallest absolute Gasteiger partial charge is 0.323 e. The minimum Gasteiger partial charge on any atom is -0.396 e. The van der Waals surface area contributed by atoms with E-state index in [1.54, 1.807) is 17.4 Å². The highest BCUT2D eigenvalue weighted by Crippen LogP contribution is 2.27. The van der Waals surface area contributed by atoms with Gasteiger partial charge in [0.15, 0.2) is 5.82 Å². The van der Waals surface area contributed by atoms with Crippen LogP contribution >= 0.6 is 0 Å². The molecule has 0 bridgehead atoms. The zero-order valence-corrected chi connectivity index (χ0v) is 15.6. The van der Waals surface area contributed by atoms with E-state index in [9.17, 15) is 13.6 Å². The van der Waals surface area contributed by atoms with E-state index in [-0.39, 0.29) is 28.8 Å². The van der Waals surface area contributed by atoms with Crippen LogP contribution in [0.5, 0.6) is 0 Å². The van der Waals surface area contributed by atoms with Gasteiger partial charge < -0.3 is 15.2 Å². The third-order valence-corrected chi connectivity index (χ3v) is 4.96. The molecule has 7 nitrogen and oxygen atoms in total. The Kier molecular flexibility index (Phi) is 5.11. The van der Waals surface area contributed by atoms with E-state index >= 15 is 0 Å². The molecule has 150 valence electrons. The van der Waals surface area contributed by atoms with Gasteiger partial charge in [0.2, 0.25) is 0 Å². The minimum atomic E-state index is -0.735. The van der Waals surface area contributed by atoms with Crippen LogP contribution in [-0.2, 0) is 6.54 Å². The Hall–Kier alpha value is -3.49. The van der Waals surface area contributed by atoms with Crippen LogP contribution in [-0.4, -0.2) is 38.6 Å². The minimum absolute atomic E-state index is 0.128. The van der Waals surface area contributed by atoms with Crippen molar-refractivity contribution in [2.24, 2.45) is 5.92 Å². The molecule has 1 aliphatic rings. The van der Waals surface area contributed by atoms with Gasteiger partial charge in [-0.1, -0.05) is 0 Å². The summed E-state index contributed by atoms with van der Waals surface area (Å²) in [6.07, 6.45) is 6.26. The van der Waals surface area contributed by atoms with Crippen molar-refractivity contribution in [1.82, 2.24) is 19.4 Å². The number of amides is 2. The molecule has 1 aromatic carbocycles. The highest BCUT2D eigenvalue weighted by atomic mass is 19.1. The molecule has 29 heavy (non-hydrogen) atoms. The molecule has 3 N–H and O–H groups in total. The topological polar surface area (TPSA) is 89.1 Å². The van der Waals surface area contributed by atoms with Gasteiger partial charge in [-0.25, -0.2) is 23.5 Å². The first-order valence-electron chi connectivity index (χ1n) is 9.23. The molecule has 2 aromatic heterocycles. The number of pyridine rings is 1. The third kappa shape index (κ3) is 4.18. The molecule has 3 heterocycles. The lowest BCUT2D eigenvalue weighted by molar-refractivity contribution is 0.220. The lowest BCUT2D eigenvalue weighted by Gasteiger charge is -2.18. The molecule has 1 saturated heterocycles. The highest BCUT2D eigenvalue weighted by molar-refractivity contribution is 5.92. The third-order valence-electron chi connectivity index (χ3n) is 4.96. The average Bonchev–Trinajstić information content (AvgIpc) is 3.36. The van der Waals surface area contributed by atoms with Crippen molar-refractivity contribution in [2.45, 2.75) is 13.0 Å². The number of hydrogen-bond acceptors (Lipinski definition) is 4. The van der Waals surface area contributed by atoms with Crippen LogP contribution in [0.1, 0.15) is 6.42 Å². The molecule has 0 saturated carbocycles. The van der Waals surface area contributed by atoms with E-state index in [1.807, 2.05) is 10.8 Å². The lowest BCUT2D eigenvalue weighted by atomic mass is 10.1. The number of halogens is 2. The largest absolute Gasteiger partial charge is 0.396 e. The van der Waals surface area contributed by atoms with E-state index < -0.39 is 11.6 Å². The number of benzene rings is 1. The summed E-state index contributed by atoms with van der Waals surface area (Å²) in [6, 6.07) is 5.99. The molecule has 3 aromatic rings. The second-order valence-corrected chi connectivity index (χ2v) is 7.05. The summed E-state index contributed by atoms with van der Waals surface area (Å²) in [7, 11) is 0. The first-order chi connectivity index (χ1) is 14.0. The molecule has 1 aliphatic heterocycles. The number of hydrogen-bond donors (Lipinski definition) is 2. The van der Waals surface area contributed by atoms with Gasteiger partial charge in [0, 0.05) is 43.7 Å². The van der Waals surface area contributed by atoms with Crippen molar-refractivity contribution in [2.75, 3.05) is 24.1 Å². The Morgan fingerprint density at radius 1 is 1.28 bits per heavy atom. The van der Waals surface area contributed by atoms with E-state index in [1.165, 1.54) is 18.2 Å². The molecule has 4 rings (SSSR count). The number of imidazole rings is 1. The van der Waals surface area contributed by atoms with Crippen LogP contribution in [0.2, 0.25) is 0 Å². The van der Waals surface area contributed by atoms with Crippen LogP contribution in [0.3, 0.4) is 0 Å². The van der Waals surface area contributed by atoms with Gasteiger partial charge in [-0.05, 0) is 36.6 Å². The fourth-order valence-electron chi connectivity index (χ4n) is 3.46. The molecule has 1 atom stereocenters. The Morgan fingerprint density at radius 2 is 2.14 bits per heavy atom. The van der Waals surface area contributed by atoms with Gasteiger partial charge in [-0.15, -0.1) is 0 Å². The molecular formula is C20H20F2N6O. The number of anilines is 2. The average molecular weight is 398 g/mol. The standard InChI is InChI=1S/C20H20F2N6O/c21-14-1-2-15(16(22)9-14)18-4-3-17(23)19(25-18)26-20(29)28-7-5-13(11-28)10-27-8-6-24-12-27/h1-4,6,8-9,12-13H,5,7,10-11,23H2,(H,25,26,29). The summed E-state index contributed by atoms with van der Waals surface area (Å²) in [6.45, 7) is 2.02. The first kappa shape index (κ1) is 18.9. The number of nitrogens with two attached hydrogens (primary N) is 1. The Balaban J connectivity index is 1.45. The second-order valence-electron chi connectivity index (χ2n) is 7.05. The van der Waals surface area contributed by atoms with Crippen LogP contribution in [0.15, 0.2) is 49.1 Å². The van der Waals surface area contributed by atoms with Gasteiger partial charge in [0.1, 0.15) is 11.6 Å². The number of urea groups is 1. The first-order valence-corrected chi connectivity index (χ1v) is 9.23. The summed E-state index contributed by atoms with van der Waals surface area (Å²) in [5.74, 6) is -0.926. The van der Waals surface area contributed by atoms with Gasteiger partial charge in [0.25, 0.3) is 0 Å². The molecule has 1 fully saturated rings. The summed E-state index contributed by atoms with van der Waals surface area (Å²) in [5, 5.41) is 2.71. The predicted molar refractivity (Wildman–Crippen MR) is 105 cm³/mol. The van der Waals surface area contributed by atoms with Crippen LogP contribution in [0.4, 0.5) is 25.1 Å². The summed E-state index contributed by atoms with van der Waals surface area (Å²) in [5.41, 5.74) is 6.58. The molecule has 0 aliphatic carbocycles. The van der Waals surface area contributed by atoms with Crippen LogP contribution in [0, 0.1) is 17.6 Å². The quantitative estimate of drug-likeness (QED) is 0.705. The molecule has 0 radical (unpaired) electrons. The van der Waals surface area contributed by atoms with Gasteiger partial charge in [0.05, 0.1) is 17.7 Å². The summed E-state index contributed by atoms with van der Waals surface area (Å²) < 4.78 is 29.2. The zero-order valence-electron chi connectivity index (χ0n) is 15.6. The fourth-order valence-corrected chi connectivity index (χ4v) is 3.46. The number of nitrogens with zero attached hydrogens (tertiary/aromatic N) is 4. The lowest BCUT2D eigenvalue weighted by Crippen LogP contribution is -2.33. The van der Waals surface area contributed by atoms with Crippen molar-refractivity contribution >= 4 is 17.5 Å². The number of carbonyl (C=O) groups excluding carboxylic acids is 1. The molecule has 1 unspecified atom stereocenters. The molecular weight excluding hydrogens is 378 g/mol. The monoisotopic (exact) mass is 398 g/mol. The van der Waals surface area contributed by atoms with E-state index in [0.717, 1.165) is 25.1 Å². The van der Waals surface area contributed by atoms with Gasteiger partial charge in [-0.3, -0.25) is 5.32 Å². The Labute approximate surface area is 166 Å². The van der Waals surface area contributed by atoms with E-state index in [0.29, 0.717) is 19.0 Å². The summed E-state index contributed by atoms with van der Waals surface area (Å²) >= 11 is 0. The normalized spacial score (nSPS) is 16.2. The number of likely N-dealkylation sites (tertiary alicyclic amines) is 1. The van der Waals surface area contributed by atoms with Crippen molar-refractivity contribution < 1.29 is 13.6 Å². The van der Waals surface area contributed by atoms with Crippen LogP contribution in [0.25, 0.3) is 11.3 Å². The second kappa shape index (κ2) is 7.86. The Morgan fingerprint density at radius 3 is 2.90 bits per heavy atom. The number of aromatic nitrogens is 3. The number of carbonyl (C=O) groups is 1. The predicted octanol–water partition coefficient (Wildman–Crippen LogP) is 3.36. The number of nitrogens with one attached hydrogen (secondary N) is 1. The SMILES string of the molecule is Nc1ccc(-c2ccc(F)cc2F)nc1NC(=O)N1CCC(Cn2ccnc2)C1. The maximum absolute atomic E-state index is 14.1. The van der Waals surface area contributed by atoms with Crippen molar-refractivity contribution in [3.05, 3.63) is 60.7 Å². The van der Waals surface area contributed by atoms with E-state index in [2.05, 4.69) is 15.3 Å².